The molecule has 5 atom stereocenters. The highest BCUT2D eigenvalue weighted by molar-refractivity contribution is 5.96. The summed E-state index contributed by atoms with van der Waals surface area (Å²) in [6.45, 7) is 12.9. The Bertz CT molecular complexity index is 2820. The van der Waals surface area contributed by atoms with Crippen molar-refractivity contribution in [3.05, 3.63) is 101 Å². The molecule has 3 aromatic carbocycles. The van der Waals surface area contributed by atoms with Gasteiger partial charge in [0.25, 0.3) is 5.91 Å². The summed E-state index contributed by atoms with van der Waals surface area (Å²) in [6, 6.07) is 17.2. The minimum Gasteiger partial charge on any atom is -0.508 e. The summed E-state index contributed by atoms with van der Waals surface area (Å²) in [5.41, 5.74) is 11.1. The molecule has 0 spiro atoms. The molecule has 3 aliphatic rings. The van der Waals surface area contributed by atoms with Gasteiger partial charge in [0.15, 0.2) is 0 Å². The first kappa shape index (κ1) is 50.6. The number of amides is 4. The summed E-state index contributed by atoms with van der Waals surface area (Å²) in [5, 5.41) is 19.9. The number of fused-ring (bicyclic) bond motifs is 6. The minimum absolute atomic E-state index is 0.0136. The van der Waals surface area contributed by atoms with E-state index in [9.17, 15) is 29.1 Å². The first-order valence-electron chi connectivity index (χ1n) is 24.8. The first-order chi connectivity index (χ1) is 33.9. The van der Waals surface area contributed by atoms with E-state index in [1.54, 1.807) is 26.3 Å². The van der Waals surface area contributed by atoms with E-state index >= 15 is 0 Å². The summed E-state index contributed by atoms with van der Waals surface area (Å²) >= 11 is 0. The molecule has 0 aliphatic carbocycles. The van der Waals surface area contributed by atoms with E-state index in [0.717, 1.165) is 50.8 Å². The van der Waals surface area contributed by atoms with Gasteiger partial charge in [0.05, 0.1) is 32.0 Å². The molecule has 16 heteroatoms. The van der Waals surface area contributed by atoms with Crippen molar-refractivity contribution in [2.24, 2.45) is 11.3 Å². The minimum atomic E-state index is -1.19. The number of aryl methyl sites for hydroxylation is 2. The van der Waals surface area contributed by atoms with Crippen LogP contribution in [-0.2, 0) is 54.5 Å². The van der Waals surface area contributed by atoms with Gasteiger partial charge in [0.1, 0.15) is 35.7 Å². The SMILES string of the molecule is CCc1ccncc1-c1c2c3cc(ccc3n1CC)-c1cc(O)cc(c1)C[C@H](NC(=O)[C@H](C(C)C)N(C)C(=O)CN(C)C(=O)[C@H]1N[C@@H]1c1ccc(OC)cc1)C(=O)N1CCC[C@H](N1)C(=O)OCC(C)(C)C2. The van der Waals surface area contributed by atoms with Crippen LogP contribution < -0.4 is 20.8 Å². The van der Waals surface area contributed by atoms with Gasteiger partial charge in [0, 0.05) is 67.9 Å². The second kappa shape index (κ2) is 20.9. The molecular formula is C55H68N8O8. The summed E-state index contributed by atoms with van der Waals surface area (Å²) in [7, 11) is 4.67. The number of nitrogens with zero attached hydrogens (tertiary/aromatic N) is 5. The Hall–Kier alpha value is -6.78. The van der Waals surface area contributed by atoms with Gasteiger partial charge in [-0.2, -0.15) is 0 Å². The van der Waals surface area contributed by atoms with Crippen molar-refractivity contribution >= 4 is 40.5 Å². The molecule has 2 fully saturated rings. The van der Waals surface area contributed by atoms with E-state index < -0.39 is 59.2 Å². The van der Waals surface area contributed by atoms with Gasteiger partial charge in [-0.15, -0.1) is 0 Å². The Morgan fingerprint density at radius 2 is 1.77 bits per heavy atom. The van der Waals surface area contributed by atoms with E-state index in [4.69, 9.17) is 9.47 Å². The summed E-state index contributed by atoms with van der Waals surface area (Å²) in [4.78, 5) is 78.0. The van der Waals surface area contributed by atoms with Crippen molar-refractivity contribution in [2.45, 2.75) is 110 Å². The highest BCUT2D eigenvalue weighted by Gasteiger charge is 2.45. The summed E-state index contributed by atoms with van der Waals surface area (Å²) in [5.74, 6) is -1.97. The highest BCUT2D eigenvalue weighted by Crippen LogP contribution is 2.41. The first-order valence-corrected chi connectivity index (χ1v) is 24.8. The number of esters is 1. The van der Waals surface area contributed by atoms with E-state index in [-0.39, 0.29) is 43.8 Å². The molecule has 6 bridgehead atoms. The van der Waals surface area contributed by atoms with E-state index in [2.05, 4.69) is 71.5 Å². The van der Waals surface area contributed by atoms with Crippen LogP contribution in [-0.4, -0.2) is 124 Å². The third kappa shape index (κ3) is 10.8. The van der Waals surface area contributed by atoms with E-state index in [1.807, 2.05) is 62.6 Å². The molecule has 5 heterocycles. The number of benzene rings is 3. The fourth-order valence-corrected chi connectivity index (χ4v) is 10.4. The topological polar surface area (TPSA) is 198 Å². The third-order valence-corrected chi connectivity index (χ3v) is 14.2. The molecule has 0 radical (unpaired) electrons. The third-order valence-electron chi connectivity index (χ3n) is 14.2. The average molecular weight is 969 g/mol. The molecule has 0 unspecified atom stereocenters. The van der Waals surface area contributed by atoms with Crippen LogP contribution in [0.3, 0.4) is 0 Å². The van der Waals surface area contributed by atoms with Crippen LogP contribution in [0.5, 0.6) is 11.5 Å². The zero-order valence-electron chi connectivity index (χ0n) is 42.4. The van der Waals surface area contributed by atoms with Crippen molar-refractivity contribution in [2.75, 3.05) is 40.9 Å². The number of rotatable bonds is 12. The second-order valence-electron chi connectivity index (χ2n) is 20.4. The maximum Gasteiger partial charge on any atom is 0.324 e. The van der Waals surface area contributed by atoms with E-state index in [0.29, 0.717) is 37.1 Å². The number of phenolic OH excluding ortho intramolecular Hbond substituents is 1. The Kier molecular flexibility index (Phi) is 14.9. The van der Waals surface area contributed by atoms with Gasteiger partial charge < -0.3 is 34.3 Å². The number of aromatic hydroxyl groups is 1. The van der Waals surface area contributed by atoms with Crippen LogP contribution in [0, 0.1) is 11.3 Å². The molecule has 8 rings (SSSR count). The molecule has 71 heavy (non-hydrogen) atoms. The van der Waals surface area contributed by atoms with Gasteiger partial charge in [-0.25, -0.2) is 5.43 Å². The lowest BCUT2D eigenvalue weighted by Gasteiger charge is -2.37. The molecule has 2 saturated heterocycles. The van der Waals surface area contributed by atoms with Gasteiger partial charge in [-0.1, -0.05) is 58.9 Å². The fourth-order valence-electron chi connectivity index (χ4n) is 10.4. The van der Waals surface area contributed by atoms with Gasteiger partial charge in [-0.3, -0.25) is 39.3 Å². The number of hydrazine groups is 1. The average Bonchev–Trinajstić information content (AvgIpc) is 4.10. The highest BCUT2D eigenvalue weighted by atomic mass is 16.5. The van der Waals surface area contributed by atoms with Crippen LogP contribution in [0.1, 0.15) is 82.7 Å². The van der Waals surface area contributed by atoms with Gasteiger partial charge >= 0.3 is 5.97 Å². The van der Waals surface area contributed by atoms with Crippen molar-refractivity contribution in [3.8, 4) is 33.9 Å². The smallest absolute Gasteiger partial charge is 0.324 e. The van der Waals surface area contributed by atoms with Crippen LogP contribution in [0.25, 0.3) is 33.3 Å². The van der Waals surface area contributed by atoms with Gasteiger partial charge in [0.2, 0.25) is 17.7 Å². The van der Waals surface area contributed by atoms with Crippen molar-refractivity contribution < 1.29 is 38.6 Å². The predicted molar refractivity (Wildman–Crippen MR) is 271 cm³/mol. The fraction of sp³-hybridized carbons (Fsp3) is 0.455. The second-order valence-corrected chi connectivity index (χ2v) is 20.4. The summed E-state index contributed by atoms with van der Waals surface area (Å²) < 4.78 is 13.7. The number of ether oxygens (including phenoxy) is 2. The quantitative estimate of drug-likeness (QED) is 0.0850. The number of hydrogen-bond donors (Lipinski definition) is 4. The van der Waals surface area contributed by atoms with Crippen molar-refractivity contribution in [1.82, 2.24) is 40.4 Å². The number of carbonyl (C=O) groups excluding carboxylic acids is 5. The number of cyclic esters (lactones) is 1. The van der Waals surface area contributed by atoms with Crippen LogP contribution in [0.15, 0.2) is 79.1 Å². The lowest BCUT2D eigenvalue weighted by Crippen LogP contribution is -2.62. The van der Waals surface area contributed by atoms with Crippen LogP contribution >= 0.6 is 0 Å². The zero-order chi connectivity index (χ0) is 50.9. The monoisotopic (exact) mass is 969 g/mol. The molecule has 3 aliphatic heterocycles. The molecule has 5 aromatic rings. The summed E-state index contributed by atoms with van der Waals surface area (Å²) in [6.07, 6.45) is 6.05. The number of carbonyl (C=O) groups is 5. The molecule has 4 N–H and O–H groups in total. The largest absolute Gasteiger partial charge is 0.508 e. The number of likely N-dealkylation sites (N-methyl/N-ethyl adjacent to an activating group) is 2. The lowest BCUT2D eigenvalue weighted by molar-refractivity contribution is -0.155. The Balaban J connectivity index is 1.11. The standard InChI is InChI=1S/C55H68N8O8/c1-10-34-20-21-56-29-42(34)50-41-28-55(5,6)31-71-54(69)43-13-12-22-63(59-43)52(67)44(25-33-23-37(26-38(64)24-33)36-16-19-45(40(41)27-36)62(50)11-2)57-51(66)49(32(3)4)61(8)46(65)30-60(7)53(68)48-47(58-48)35-14-17-39(70-9)18-15-35/h14-21,23-24,26-27,29,32,43-44,47-49,58-59,64H,10-13,22,25,28,30-31H2,1-9H3,(H,57,66)/t43-,44-,47+,48-,49-/m0/s1. The molecular weight excluding hydrogens is 901 g/mol. The Morgan fingerprint density at radius 3 is 2.48 bits per heavy atom. The van der Waals surface area contributed by atoms with Crippen LogP contribution in [0.2, 0.25) is 0 Å². The number of pyridine rings is 1. The number of methoxy groups -OCH3 is 1. The number of aromatic nitrogens is 2. The number of hydrogen-bond acceptors (Lipinski definition) is 11. The van der Waals surface area contributed by atoms with E-state index in [1.165, 1.54) is 27.4 Å². The molecule has 16 nitrogen and oxygen atoms in total. The number of nitrogens with one attached hydrogen (secondary N) is 3. The molecule has 376 valence electrons. The van der Waals surface area contributed by atoms with Crippen molar-refractivity contribution in [3.63, 3.8) is 0 Å². The molecule has 2 aromatic heterocycles. The van der Waals surface area contributed by atoms with Crippen molar-refractivity contribution in [1.29, 1.82) is 0 Å². The maximum absolute atomic E-state index is 14.8. The maximum atomic E-state index is 14.8. The predicted octanol–water partition coefficient (Wildman–Crippen LogP) is 5.97. The number of phenols is 1. The Labute approximate surface area is 416 Å². The molecule has 0 saturated carbocycles. The van der Waals surface area contributed by atoms with Crippen LogP contribution in [0.4, 0.5) is 0 Å². The molecule has 4 amide bonds. The zero-order valence-corrected chi connectivity index (χ0v) is 42.4. The van der Waals surface area contributed by atoms with Gasteiger partial charge in [-0.05, 0) is 114 Å². The Morgan fingerprint density at radius 1 is 1.01 bits per heavy atom. The lowest BCUT2D eigenvalue weighted by atomic mass is 9.84. The normalized spacial score (nSPS) is 20.5.